The smallest absolute Gasteiger partial charge is 0.412 e. The first-order chi connectivity index (χ1) is 18.6. The van der Waals surface area contributed by atoms with Gasteiger partial charge in [0, 0.05) is 18.7 Å². The van der Waals surface area contributed by atoms with Crippen molar-refractivity contribution in [3.63, 3.8) is 0 Å². The van der Waals surface area contributed by atoms with Gasteiger partial charge in [-0.3, -0.25) is 15.0 Å². The molecule has 1 aliphatic heterocycles. The van der Waals surface area contributed by atoms with Crippen LogP contribution in [0, 0.1) is 0 Å². The molecule has 1 aliphatic carbocycles. The molecule has 2 N–H and O–H groups in total. The monoisotopic (exact) mass is 527 g/mol. The molecule has 39 heavy (non-hydrogen) atoms. The number of ether oxygens (including phenoxy) is 2. The van der Waals surface area contributed by atoms with Crippen molar-refractivity contribution in [3.8, 4) is 0 Å². The van der Waals surface area contributed by atoms with Crippen LogP contribution in [0.25, 0.3) is 0 Å². The summed E-state index contributed by atoms with van der Waals surface area (Å²) >= 11 is 0. The predicted molar refractivity (Wildman–Crippen MR) is 149 cm³/mol. The summed E-state index contributed by atoms with van der Waals surface area (Å²) in [4.78, 5) is 39.6. The van der Waals surface area contributed by atoms with E-state index in [2.05, 4.69) is 22.8 Å². The summed E-state index contributed by atoms with van der Waals surface area (Å²) in [6.45, 7) is 6.36. The summed E-state index contributed by atoms with van der Waals surface area (Å²) < 4.78 is 10.9. The number of anilines is 2. The number of fused-ring (bicyclic) bond motifs is 1. The fourth-order valence-corrected chi connectivity index (χ4v) is 4.51. The summed E-state index contributed by atoms with van der Waals surface area (Å²) in [7, 11) is 0. The Morgan fingerprint density at radius 3 is 2.21 bits per heavy atom. The highest BCUT2D eigenvalue weighted by atomic mass is 16.6. The van der Waals surface area contributed by atoms with Crippen molar-refractivity contribution in [2.24, 2.45) is 0 Å². The maximum absolute atomic E-state index is 13.1. The van der Waals surface area contributed by atoms with E-state index in [1.54, 1.807) is 62.1 Å². The largest absolute Gasteiger partial charge is 0.445 e. The molecule has 0 unspecified atom stereocenters. The molecule has 1 saturated carbocycles. The zero-order chi connectivity index (χ0) is 27.6. The third kappa shape index (κ3) is 6.76. The molecule has 3 aromatic rings. The zero-order valence-electron chi connectivity index (χ0n) is 22.5. The third-order valence-electron chi connectivity index (χ3n) is 6.65. The minimum atomic E-state index is -0.645. The molecule has 5 rings (SSSR count). The number of carbonyl (C=O) groups is 3. The molecule has 0 atom stereocenters. The number of rotatable bonds is 6. The molecular weight excluding hydrogens is 494 g/mol. The van der Waals surface area contributed by atoms with Gasteiger partial charge in [-0.1, -0.05) is 42.5 Å². The van der Waals surface area contributed by atoms with Crippen molar-refractivity contribution in [1.29, 1.82) is 0 Å². The SMILES string of the molecule is CC(C)(C)OC(=O)Nc1ccccc1NC(=O)c1ccc2c(c1)CN(C(=O)OCc1ccc(C3CC3)cc1)C2. The van der Waals surface area contributed by atoms with Gasteiger partial charge in [0.05, 0.1) is 11.4 Å². The van der Waals surface area contributed by atoms with E-state index >= 15 is 0 Å². The lowest BCUT2D eigenvalue weighted by atomic mass is 10.1. The number of amides is 3. The summed E-state index contributed by atoms with van der Waals surface area (Å²) in [6.07, 6.45) is 1.52. The van der Waals surface area contributed by atoms with Crippen molar-refractivity contribution >= 4 is 29.5 Å². The van der Waals surface area contributed by atoms with Gasteiger partial charge >= 0.3 is 12.2 Å². The molecule has 8 nitrogen and oxygen atoms in total. The second kappa shape index (κ2) is 10.8. The Balaban J connectivity index is 1.17. The number of hydrogen-bond acceptors (Lipinski definition) is 5. The molecule has 0 bridgehead atoms. The Hall–Kier alpha value is -4.33. The fourth-order valence-electron chi connectivity index (χ4n) is 4.51. The van der Waals surface area contributed by atoms with Crippen LogP contribution in [0.5, 0.6) is 0 Å². The first-order valence-electron chi connectivity index (χ1n) is 13.2. The Bertz CT molecular complexity index is 1390. The van der Waals surface area contributed by atoms with Gasteiger partial charge in [-0.15, -0.1) is 0 Å². The number of nitrogens with one attached hydrogen (secondary N) is 2. The van der Waals surface area contributed by atoms with Gasteiger partial charge in [-0.2, -0.15) is 0 Å². The Morgan fingerprint density at radius 1 is 0.872 bits per heavy atom. The van der Waals surface area contributed by atoms with Crippen LogP contribution in [0.15, 0.2) is 66.7 Å². The number of benzene rings is 3. The Morgan fingerprint density at radius 2 is 1.54 bits per heavy atom. The molecule has 0 aromatic heterocycles. The van der Waals surface area contributed by atoms with E-state index < -0.39 is 11.7 Å². The van der Waals surface area contributed by atoms with Crippen molar-refractivity contribution in [2.75, 3.05) is 10.6 Å². The third-order valence-corrected chi connectivity index (χ3v) is 6.65. The molecule has 3 amide bonds. The molecule has 2 aliphatic rings. The number of hydrogen-bond donors (Lipinski definition) is 2. The van der Waals surface area contributed by atoms with Crippen LogP contribution in [0.2, 0.25) is 0 Å². The normalized spacial score (nSPS) is 14.4. The molecule has 0 saturated heterocycles. The molecule has 0 spiro atoms. The molecule has 202 valence electrons. The van der Waals surface area contributed by atoms with Gasteiger partial charge in [0.25, 0.3) is 5.91 Å². The van der Waals surface area contributed by atoms with E-state index in [1.165, 1.54) is 18.4 Å². The molecule has 1 fully saturated rings. The minimum Gasteiger partial charge on any atom is -0.445 e. The van der Waals surface area contributed by atoms with E-state index in [9.17, 15) is 14.4 Å². The zero-order valence-corrected chi connectivity index (χ0v) is 22.5. The highest BCUT2D eigenvalue weighted by Crippen LogP contribution is 2.40. The van der Waals surface area contributed by atoms with Crippen LogP contribution in [0.4, 0.5) is 21.0 Å². The molecule has 1 heterocycles. The van der Waals surface area contributed by atoms with E-state index in [0.29, 0.717) is 35.9 Å². The minimum absolute atomic E-state index is 0.223. The van der Waals surface area contributed by atoms with E-state index in [-0.39, 0.29) is 18.6 Å². The average molecular weight is 528 g/mol. The second-order valence-corrected chi connectivity index (χ2v) is 11.0. The van der Waals surface area contributed by atoms with Crippen LogP contribution < -0.4 is 10.6 Å². The van der Waals surface area contributed by atoms with Gasteiger partial charge in [-0.05, 0) is 86.1 Å². The first kappa shape index (κ1) is 26.3. The van der Waals surface area contributed by atoms with Crippen LogP contribution in [0.1, 0.15) is 72.1 Å². The highest BCUT2D eigenvalue weighted by molar-refractivity contribution is 6.07. The second-order valence-electron chi connectivity index (χ2n) is 11.0. The predicted octanol–water partition coefficient (Wildman–Crippen LogP) is 6.82. The molecular formula is C31H33N3O5. The van der Waals surface area contributed by atoms with Gasteiger partial charge < -0.3 is 14.8 Å². The highest BCUT2D eigenvalue weighted by Gasteiger charge is 2.26. The van der Waals surface area contributed by atoms with E-state index in [1.807, 2.05) is 18.2 Å². The fraction of sp³-hybridized carbons (Fsp3) is 0.323. The number of nitrogens with zero attached hydrogens (tertiary/aromatic N) is 1. The van der Waals surface area contributed by atoms with Crippen molar-refractivity contribution in [3.05, 3.63) is 94.5 Å². The Kier molecular flexibility index (Phi) is 7.28. The quantitative estimate of drug-likeness (QED) is 0.367. The average Bonchev–Trinajstić information content (AvgIpc) is 3.65. The maximum atomic E-state index is 13.1. The summed E-state index contributed by atoms with van der Waals surface area (Å²) in [5, 5.41) is 5.54. The number of para-hydroxylation sites is 2. The molecule has 8 heteroatoms. The van der Waals surface area contributed by atoms with E-state index in [0.717, 1.165) is 16.7 Å². The number of carbonyl (C=O) groups excluding carboxylic acids is 3. The van der Waals surface area contributed by atoms with Crippen molar-refractivity contribution < 1.29 is 23.9 Å². The lowest BCUT2D eigenvalue weighted by Crippen LogP contribution is -2.27. The van der Waals surface area contributed by atoms with Crippen molar-refractivity contribution in [1.82, 2.24) is 4.90 Å². The van der Waals surface area contributed by atoms with Crippen LogP contribution in [-0.2, 0) is 29.2 Å². The molecule has 0 radical (unpaired) electrons. The summed E-state index contributed by atoms with van der Waals surface area (Å²) in [6, 6.07) is 20.6. The first-order valence-corrected chi connectivity index (χ1v) is 13.2. The lowest BCUT2D eigenvalue weighted by molar-refractivity contribution is 0.0635. The van der Waals surface area contributed by atoms with Gasteiger partial charge in [0.2, 0.25) is 0 Å². The summed E-state index contributed by atoms with van der Waals surface area (Å²) in [5.74, 6) is 0.368. The van der Waals surface area contributed by atoms with Crippen LogP contribution in [0.3, 0.4) is 0 Å². The van der Waals surface area contributed by atoms with Gasteiger partial charge in [-0.25, -0.2) is 9.59 Å². The maximum Gasteiger partial charge on any atom is 0.412 e. The van der Waals surface area contributed by atoms with E-state index in [4.69, 9.17) is 9.47 Å². The Labute approximate surface area is 228 Å². The van der Waals surface area contributed by atoms with Gasteiger partial charge in [0.1, 0.15) is 12.2 Å². The summed E-state index contributed by atoms with van der Waals surface area (Å²) in [5.41, 5.74) is 4.87. The van der Waals surface area contributed by atoms with Gasteiger partial charge in [0.15, 0.2) is 0 Å². The van der Waals surface area contributed by atoms with Crippen molar-refractivity contribution in [2.45, 2.75) is 64.8 Å². The van der Waals surface area contributed by atoms with Crippen LogP contribution >= 0.6 is 0 Å². The standard InChI is InChI=1S/C31H33N3O5/c1-31(2,3)39-29(36)33-27-7-5-4-6-26(27)32-28(35)23-14-15-24-17-34(18-25(24)16-23)30(37)38-19-20-8-10-21(11-9-20)22-12-13-22/h4-11,14-16,22H,12-13,17-19H2,1-3H3,(H,32,35)(H,33,36). The van der Waals surface area contributed by atoms with Crippen LogP contribution in [-0.4, -0.2) is 28.6 Å². The molecule has 3 aromatic carbocycles. The topological polar surface area (TPSA) is 97.0 Å². The lowest BCUT2D eigenvalue weighted by Gasteiger charge is -2.20.